The number of tetrazole rings is 1. The van der Waals surface area contributed by atoms with Gasteiger partial charge in [-0.3, -0.25) is 0 Å². The highest BCUT2D eigenvalue weighted by Crippen LogP contribution is 2.20. The second kappa shape index (κ2) is 5.61. The molecule has 0 bridgehead atoms. The van der Waals surface area contributed by atoms with Crippen LogP contribution in [0.15, 0.2) is 42.5 Å². The molecule has 0 saturated heterocycles. The van der Waals surface area contributed by atoms with Crippen molar-refractivity contribution in [1.29, 1.82) is 0 Å². The number of aromatic nitrogens is 4. The van der Waals surface area contributed by atoms with Gasteiger partial charge in [0.1, 0.15) is 5.82 Å². The van der Waals surface area contributed by atoms with Crippen LogP contribution in [0.4, 0.5) is 4.39 Å². The first-order chi connectivity index (χ1) is 10.1. The van der Waals surface area contributed by atoms with Crippen LogP contribution in [0, 0.1) is 12.7 Å². The van der Waals surface area contributed by atoms with Gasteiger partial charge in [-0.05, 0) is 24.3 Å². The molecule has 0 saturated carbocycles. The molecule has 1 aromatic heterocycles. The summed E-state index contributed by atoms with van der Waals surface area (Å²) in [6, 6.07) is 12.4. The number of halogens is 2. The minimum Gasteiger partial charge on any atom is -0.207 e. The van der Waals surface area contributed by atoms with Crippen LogP contribution >= 0.6 is 11.6 Å². The van der Waals surface area contributed by atoms with Crippen LogP contribution < -0.4 is 0 Å². The van der Waals surface area contributed by atoms with Gasteiger partial charge in [-0.25, -0.2) is 4.39 Å². The lowest BCUT2D eigenvalue weighted by atomic mass is 10.1. The van der Waals surface area contributed by atoms with Gasteiger partial charge in [-0.15, -0.1) is 10.2 Å². The van der Waals surface area contributed by atoms with E-state index < -0.39 is 0 Å². The van der Waals surface area contributed by atoms with Gasteiger partial charge in [0.25, 0.3) is 0 Å². The van der Waals surface area contributed by atoms with Crippen LogP contribution in [-0.2, 0) is 6.54 Å². The molecule has 0 N–H and O–H groups in total. The van der Waals surface area contributed by atoms with Crippen LogP contribution in [0.3, 0.4) is 0 Å². The average molecular weight is 303 g/mol. The van der Waals surface area contributed by atoms with Gasteiger partial charge in [-0.1, -0.05) is 47.5 Å². The van der Waals surface area contributed by atoms with Crippen molar-refractivity contribution in [1.82, 2.24) is 20.2 Å². The lowest BCUT2D eigenvalue weighted by Crippen LogP contribution is -2.06. The molecule has 6 heteroatoms. The summed E-state index contributed by atoms with van der Waals surface area (Å²) in [6.45, 7) is 2.15. The molecular weight excluding hydrogens is 291 g/mol. The molecule has 0 aliphatic heterocycles. The monoisotopic (exact) mass is 302 g/mol. The van der Waals surface area contributed by atoms with E-state index in [2.05, 4.69) is 15.4 Å². The molecule has 0 atom stereocenters. The highest BCUT2D eigenvalue weighted by atomic mass is 35.5. The second-order valence-electron chi connectivity index (χ2n) is 4.71. The Balaban J connectivity index is 1.87. The number of aryl methyl sites for hydroxylation is 1. The van der Waals surface area contributed by atoms with E-state index in [1.807, 2.05) is 31.2 Å². The molecule has 1 heterocycles. The third kappa shape index (κ3) is 2.92. The highest BCUT2D eigenvalue weighted by molar-refractivity contribution is 6.31. The number of nitrogens with zero attached hydrogens (tertiary/aromatic N) is 4. The van der Waals surface area contributed by atoms with Gasteiger partial charge in [0.2, 0.25) is 5.82 Å². The summed E-state index contributed by atoms with van der Waals surface area (Å²) >= 11 is 5.99. The Bertz CT molecular complexity index is 747. The molecule has 0 aliphatic rings. The van der Waals surface area contributed by atoms with Gasteiger partial charge in [-0.2, -0.15) is 4.80 Å². The average Bonchev–Trinajstić information content (AvgIpc) is 2.92. The first kappa shape index (κ1) is 13.7. The van der Waals surface area contributed by atoms with E-state index in [4.69, 9.17) is 11.6 Å². The summed E-state index contributed by atoms with van der Waals surface area (Å²) in [5.74, 6) is 0.124. The van der Waals surface area contributed by atoms with E-state index in [1.165, 1.54) is 10.9 Å². The molecule has 21 heavy (non-hydrogen) atoms. The fourth-order valence-electron chi connectivity index (χ4n) is 1.95. The zero-order valence-electron chi connectivity index (χ0n) is 11.3. The molecule has 0 amide bonds. The van der Waals surface area contributed by atoms with E-state index in [0.29, 0.717) is 16.4 Å². The van der Waals surface area contributed by atoms with Crippen LogP contribution in [0.25, 0.3) is 11.4 Å². The molecule has 106 valence electrons. The van der Waals surface area contributed by atoms with Crippen LogP contribution in [-0.4, -0.2) is 20.2 Å². The summed E-state index contributed by atoms with van der Waals surface area (Å²) in [5.41, 5.74) is 2.38. The molecular formula is C15H12ClFN4. The van der Waals surface area contributed by atoms with Gasteiger partial charge in [0.05, 0.1) is 6.54 Å². The zero-order valence-corrected chi connectivity index (χ0v) is 12.0. The van der Waals surface area contributed by atoms with Gasteiger partial charge in [0.15, 0.2) is 0 Å². The lowest BCUT2D eigenvalue weighted by molar-refractivity contribution is 0.539. The van der Waals surface area contributed by atoms with Crippen molar-refractivity contribution in [3.63, 3.8) is 0 Å². The Labute approximate surface area is 126 Å². The van der Waals surface area contributed by atoms with Crippen molar-refractivity contribution in [2.75, 3.05) is 0 Å². The van der Waals surface area contributed by atoms with Crippen molar-refractivity contribution >= 4 is 11.6 Å². The van der Waals surface area contributed by atoms with Crippen molar-refractivity contribution in [3.8, 4) is 11.4 Å². The van der Waals surface area contributed by atoms with Crippen LogP contribution in [0.2, 0.25) is 5.02 Å². The Hall–Kier alpha value is -2.27. The SMILES string of the molecule is Cc1ccc(-c2nnn(Cc3c(F)cccc3Cl)n2)cc1. The predicted octanol–water partition coefficient (Wildman–Crippen LogP) is 3.49. The smallest absolute Gasteiger partial charge is 0.204 e. The Morgan fingerprint density at radius 1 is 1.14 bits per heavy atom. The van der Waals surface area contributed by atoms with Crippen LogP contribution in [0.5, 0.6) is 0 Å². The fourth-order valence-corrected chi connectivity index (χ4v) is 2.18. The quantitative estimate of drug-likeness (QED) is 0.744. The minimum atomic E-state index is -0.378. The van der Waals surface area contributed by atoms with E-state index in [-0.39, 0.29) is 12.4 Å². The number of hydrogen-bond acceptors (Lipinski definition) is 3. The predicted molar refractivity (Wildman–Crippen MR) is 78.5 cm³/mol. The normalized spacial score (nSPS) is 10.8. The minimum absolute atomic E-state index is 0.143. The van der Waals surface area contributed by atoms with Crippen molar-refractivity contribution < 1.29 is 4.39 Å². The maximum Gasteiger partial charge on any atom is 0.204 e. The van der Waals surface area contributed by atoms with Crippen molar-refractivity contribution in [2.24, 2.45) is 0 Å². The summed E-state index contributed by atoms with van der Waals surface area (Å²) < 4.78 is 13.7. The molecule has 2 aromatic carbocycles. The Kier molecular flexibility index (Phi) is 3.66. The van der Waals surface area contributed by atoms with Crippen LogP contribution in [0.1, 0.15) is 11.1 Å². The summed E-state index contributed by atoms with van der Waals surface area (Å²) in [5, 5.41) is 12.5. The van der Waals surface area contributed by atoms with Gasteiger partial charge >= 0.3 is 0 Å². The summed E-state index contributed by atoms with van der Waals surface area (Å²) in [4.78, 5) is 1.33. The van der Waals surface area contributed by atoms with E-state index >= 15 is 0 Å². The molecule has 3 rings (SSSR count). The molecule has 0 spiro atoms. The van der Waals surface area contributed by atoms with Crippen molar-refractivity contribution in [3.05, 3.63) is 64.4 Å². The maximum atomic E-state index is 13.7. The lowest BCUT2D eigenvalue weighted by Gasteiger charge is -2.03. The molecule has 0 fully saturated rings. The maximum absolute atomic E-state index is 13.7. The summed E-state index contributed by atoms with van der Waals surface area (Å²) in [6.07, 6.45) is 0. The number of rotatable bonds is 3. The standard InChI is InChI=1S/C15H12ClFN4/c1-10-5-7-11(8-6-10)15-18-20-21(19-15)9-12-13(16)3-2-4-14(12)17/h2-8H,9H2,1H3. The highest BCUT2D eigenvalue weighted by Gasteiger charge is 2.11. The third-order valence-electron chi connectivity index (χ3n) is 3.12. The van der Waals surface area contributed by atoms with Crippen molar-refractivity contribution in [2.45, 2.75) is 13.5 Å². The zero-order chi connectivity index (χ0) is 14.8. The topological polar surface area (TPSA) is 43.6 Å². The molecule has 3 aromatic rings. The van der Waals surface area contributed by atoms with E-state index in [0.717, 1.165) is 11.1 Å². The molecule has 0 unspecified atom stereocenters. The second-order valence-corrected chi connectivity index (χ2v) is 5.12. The first-order valence-electron chi connectivity index (χ1n) is 6.41. The van der Waals surface area contributed by atoms with E-state index in [1.54, 1.807) is 12.1 Å². The molecule has 0 aliphatic carbocycles. The Morgan fingerprint density at radius 3 is 2.62 bits per heavy atom. The van der Waals surface area contributed by atoms with Gasteiger partial charge < -0.3 is 0 Å². The summed E-state index contributed by atoms with van der Waals surface area (Å²) in [7, 11) is 0. The number of benzene rings is 2. The van der Waals surface area contributed by atoms with E-state index in [9.17, 15) is 4.39 Å². The Morgan fingerprint density at radius 2 is 1.90 bits per heavy atom. The molecule has 0 radical (unpaired) electrons. The number of hydrogen-bond donors (Lipinski definition) is 0. The fraction of sp³-hybridized carbons (Fsp3) is 0.133. The molecule has 4 nitrogen and oxygen atoms in total. The van der Waals surface area contributed by atoms with Gasteiger partial charge in [0, 0.05) is 16.1 Å². The largest absolute Gasteiger partial charge is 0.207 e. The third-order valence-corrected chi connectivity index (χ3v) is 3.48. The first-order valence-corrected chi connectivity index (χ1v) is 6.79.